The second kappa shape index (κ2) is 7.35. The maximum Gasteiger partial charge on any atom is 0.262 e. The highest BCUT2D eigenvalue weighted by molar-refractivity contribution is 8.00. The third-order valence-electron chi connectivity index (χ3n) is 5.51. The first kappa shape index (κ1) is 18.0. The highest BCUT2D eigenvalue weighted by Crippen LogP contribution is 2.35. The molecule has 1 unspecified atom stereocenters. The van der Waals surface area contributed by atoms with Crippen LogP contribution in [-0.4, -0.2) is 26.8 Å². The van der Waals surface area contributed by atoms with E-state index in [0.29, 0.717) is 11.2 Å². The van der Waals surface area contributed by atoms with E-state index in [9.17, 15) is 9.59 Å². The summed E-state index contributed by atoms with van der Waals surface area (Å²) in [6.45, 7) is 1.90. The molecule has 1 N–H and O–H groups in total. The number of thiophene rings is 1. The van der Waals surface area contributed by atoms with Crippen molar-refractivity contribution in [3.05, 3.63) is 20.8 Å². The second-order valence-corrected chi connectivity index (χ2v) is 9.79. The molecular formula is C19H25N3O2S2. The van der Waals surface area contributed by atoms with E-state index in [0.717, 1.165) is 42.3 Å². The van der Waals surface area contributed by atoms with Gasteiger partial charge in [-0.3, -0.25) is 14.2 Å². The third-order valence-corrected chi connectivity index (χ3v) is 7.84. The van der Waals surface area contributed by atoms with Gasteiger partial charge in [0.05, 0.1) is 10.6 Å². The molecule has 1 atom stereocenters. The lowest BCUT2D eigenvalue weighted by molar-refractivity contribution is -0.121. The van der Waals surface area contributed by atoms with E-state index in [1.807, 2.05) is 6.92 Å². The minimum atomic E-state index is -0.265. The van der Waals surface area contributed by atoms with E-state index in [1.165, 1.54) is 41.5 Å². The lowest BCUT2D eigenvalue weighted by Gasteiger charge is -2.24. The summed E-state index contributed by atoms with van der Waals surface area (Å²) in [5.41, 5.74) is 1.23. The number of rotatable bonds is 4. The molecule has 2 aromatic rings. The average molecular weight is 392 g/mol. The van der Waals surface area contributed by atoms with Crippen LogP contribution in [0.4, 0.5) is 0 Å². The van der Waals surface area contributed by atoms with Gasteiger partial charge < -0.3 is 5.32 Å². The largest absolute Gasteiger partial charge is 0.352 e. The van der Waals surface area contributed by atoms with E-state index in [4.69, 9.17) is 4.98 Å². The standard InChI is InChI=1S/C19H25N3O2S2/c1-11(16(23)20-12-7-4-3-5-8-12)25-19-21-17-15(18(24)22(19)2)13-9-6-10-14(13)26-17/h11-12H,3-10H2,1-2H3,(H,20,23). The van der Waals surface area contributed by atoms with Gasteiger partial charge in [0, 0.05) is 18.0 Å². The van der Waals surface area contributed by atoms with Crippen molar-refractivity contribution in [3.63, 3.8) is 0 Å². The lowest BCUT2D eigenvalue weighted by atomic mass is 9.95. The molecule has 0 aliphatic heterocycles. The molecule has 2 heterocycles. The molecule has 2 aliphatic rings. The highest BCUT2D eigenvalue weighted by atomic mass is 32.2. The predicted molar refractivity (Wildman–Crippen MR) is 107 cm³/mol. The zero-order chi connectivity index (χ0) is 18.3. The minimum absolute atomic E-state index is 0.0248. The Kier molecular flexibility index (Phi) is 5.10. The van der Waals surface area contributed by atoms with Gasteiger partial charge in [0.15, 0.2) is 5.16 Å². The Labute approximate surface area is 161 Å². The zero-order valence-electron chi connectivity index (χ0n) is 15.3. The number of nitrogens with zero attached hydrogens (tertiary/aromatic N) is 2. The molecule has 26 heavy (non-hydrogen) atoms. The Hall–Kier alpha value is -1.34. The van der Waals surface area contributed by atoms with E-state index >= 15 is 0 Å². The number of amides is 1. The normalized spacial score (nSPS) is 18.8. The van der Waals surface area contributed by atoms with E-state index in [2.05, 4.69) is 5.32 Å². The van der Waals surface area contributed by atoms with Gasteiger partial charge in [-0.1, -0.05) is 31.0 Å². The first-order valence-electron chi connectivity index (χ1n) is 9.53. The number of nitrogens with one attached hydrogen (secondary N) is 1. The molecule has 1 amide bonds. The number of aromatic nitrogens is 2. The molecule has 140 valence electrons. The van der Waals surface area contributed by atoms with Crippen molar-refractivity contribution < 1.29 is 4.79 Å². The van der Waals surface area contributed by atoms with Crippen LogP contribution in [0.1, 0.15) is 55.9 Å². The van der Waals surface area contributed by atoms with Crippen molar-refractivity contribution in [1.29, 1.82) is 0 Å². The van der Waals surface area contributed by atoms with Crippen molar-refractivity contribution in [2.45, 2.75) is 74.7 Å². The van der Waals surface area contributed by atoms with Crippen LogP contribution in [0.2, 0.25) is 0 Å². The molecule has 1 saturated carbocycles. The van der Waals surface area contributed by atoms with Crippen LogP contribution in [0, 0.1) is 0 Å². The van der Waals surface area contributed by atoms with Gasteiger partial charge in [-0.05, 0) is 44.6 Å². The molecule has 2 aromatic heterocycles. The Balaban J connectivity index is 1.54. The van der Waals surface area contributed by atoms with Crippen molar-refractivity contribution in [3.8, 4) is 0 Å². The number of carbonyl (C=O) groups excluding carboxylic acids is 1. The summed E-state index contributed by atoms with van der Waals surface area (Å²) < 4.78 is 1.61. The van der Waals surface area contributed by atoms with Crippen molar-refractivity contribution in [2.24, 2.45) is 7.05 Å². The quantitative estimate of drug-likeness (QED) is 0.641. The Morgan fingerprint density at radius 3 is 2.81 bits per heavy atom. The van der Waals surface area contributed by atoms with Crippen molar-refractivity contribution in [2.75, 3.05) is 0 Å². The summed E-state index contributed by atoms with van der Waals surface area (Å²) in [5, 5.41) is 4.34. The first-order chi connectivity index (χ1) is 12.5. The SMILES string of the molecule is CC(Sc1nc2sc3c(c2c(=O)n1C)CCC3)C(=O)NC1CCCCC1. The van der Waals surface area contributed by atoms with Crippen molar-refractivity contribution >= 4 is 39.2 Å². The number of hydrogen-bond donors (Lipinski definition) is 1. The zero-order valence-corrected chi connectivity index (χ0v) is 17.0. The van der Waals surface area contributed by atoms with E-state index < -0.39 is 0 Å². The molecule has 0 spiro atoms. The minimum Gasteiger partial charge on any atom is -0.352 e. The van der Waals surface area contributed by atoms with Crippen LogP contribution in [-0.2, 0) is 24.7 Å². The number of thioether (sulfide) groups is 1. The molecule has 2 aliphatic carbocycles. The molecule has 0 aromatic carbocycles. The van der Waals surface area contributed by atoms with Crippen LogP contribution >= 0.6 is 23.1 Å². The van der Waals surface area contributed by atoms with Crippen LogP contribution in [0.15, 0.2) is 9.95 Å². The molecule has 1 fully saturated rings. The Morgan fingerprint density at radius 2 is 2.04 bits per heavy atom. The maximum absolute atomic E-state index is 12.9. The third kappa shape index (κ3) is 3.31. The molecule has 0 saturated heterocycles. The van der Waals surface area contributed by atoms with Gasteiger partial charge in [-0.2, -0.15) is 0 Å². The first-order valence-corrected chi connectivity index (χ1v) is 11.2. The highest BCUT2D eigenvalue weighted by Gasteiger charge is 2.25. The van der Waals surface area contributed by atoms with Gasteiger partial charge in [0.2, 0.25) is 5.91 Å². The van der Waals surface area contributed by atoms with Crippen LogP contribution < -0.4 is 10.9 Å². The molecule has 0 bridgehead atoms. The molecule has 5 nitrogen and oxygen atoms in total. The fourth-order valence-electron chi connectivity index (χ4n) is 3.99. The number of hydrogen-bond acceptors (Lipinski definition) is 5. The molecular weight excluding hydrogens is 366 g/mol. The van der Waals surface area contributed by atoms with E-state index in [-0.39, 0.29) is 16.7 Å². The fraction of sp³-hybridized carbons (Fsp3) is 0.632. The topological polar surface area (TPSA) is 64.0 Å². The summed E-state index contributed by atoms with van der Waals surface area (Å²) in [6.07, 6.45) is 8.99. The fourth-order valence-corrected chi connectivity index (χ4v) is 6.17. The van der Waals surface area contributed by atoms with Crippen LogP contribution in [0.25, 0.3) is 10.2 Å². The smallest absolute Gasteiger partial charge is 0.262 e. The van der Waals surface area contributed by atoms with Gasteiger partial charge in [-0.25, -0.2) is 4.98 Å². The van der Waals surface area contributed by atoms with Crippen LogP contribution in [0.3, 0.4) is 0 Å². The second-order valence-electron chi connectivity index (χ2n) is 7.40. The predicted octanol–water partition coefficient (Wildman–Crippen LogP) is 3.41. The van der Waals surface area contributed by atoms with Gasteiger partial charge >= 0.3 is 0 Å². The summed E-state index contributed by atoms with van der Waals surface area (Å²) in [6, 6.07) is 0.304. The van der Waals surface area contributed by atoms with Gasteiger partial charge in [0.1, 0.15) is 4.83 Å². The van der Waals surface area contributed by atoms with E-state index in [1.54, 1.807) is 23.0 Å². The Bertz CT molecular complexity index is 896. The average Bonchev–Trinajstić information content (AvgIpc) is 3.20. The van der Waals surface area contributed by atoms with Gasteiger partial charge in [-0.15, -0.1) is 11.3 Å². The monoisotopic (exact) mass is 391 g/mol. The molecule has 7 heteroatoms. The summed E-state index contributed by atoms with van der Waals surface area (Å²) in [5.74, 6) is 0.0462. The van der Waals surface area contributed by atoms with Crippen LogP contribution in [0.5, 0.6) is 0 Å². The Morgan fingerprint density at radius 1 is 1.27 bits per heavy atom. The lowest BCUT2D eigenvalue weighted by Crippen LogP contribution is -2.40. The summed E-state index contributed by atoms with van der Waals surface area (Å²) in [4.78, 5) is 32.3. The molecule has 4 rings (SSSR count). The molecule has 0 radical (unpaired) electrons. The van der Waals surface area contributed by atoms with Gasteiger partial charge in [0.25, 0.3) is 5.56 Å². The number of aryl methyl sites for hydroxylation is 2. The van der Waals surface area contributed by atoms with Crippen molar-refractivity contribution in [1.82, 2.24) is 14.9 Å². The maximum atomic E-state index is 12.9. The number of fused-ring (bicyclic) bond motifs is 3. The summed E-state index contributed by atoms with van der Waals surface area (Å²) in [7, 11) is 1.77. The summed E-state index contributed by atoms with van der Waals surface area (Å²) >= 11 is 3.03. The number of carbonyl (C=O) groups is 1.